The van der Waals surface area contributed by atoms with Crippen molar-refractivity contribution in [3.05, 3.63) is 29.6 Å². The van der Waals surface area contributed by atoms with Crippen molar-refractivity contribution in [3.63, 3.8) is 0 Å². The highest BCUT2D eigenvalue weighted by Gasteiger charge is 2.30. The van der Waals surface area contributed by atoms with Crippen molar-refractivity contribution in [2.45, 2.75) is 31.9 Å². The Hall–Kier alpha value is -1.13. The zero-order valence-electron chi connectivity index (χ0n) is 10.9. The second kappa shape index (κ2) is 5.24. The van der Waals surface area contributed by atoms with Crippen LogP contribution in [0, 0.1) is 5.82 Å². The summed E-state index contributed by atoms with van der Waals surface area (Å²) in [5.41, 5.74) is 0.497. The lowest BCUT2D eigenvalue weighted by atomic mass is 9.94. The molecule has 0 radical (unpaired) electrons. The van der Waals surface area contributed by atoms with Gasteiger partial charge in [-0.1, -0.05) is 12.1 Å². The van der Waals surface area contributed by atoms with Crippen molar-refractivity contribution >= 4 is 0 Å². The second-order valence-corrected chi connectivity index (χ2v) is 5.22. The Balaban J connectivity index is 2.07. The number of nitrogens with zero attached hydrogens (tertiary/aromatic N) is 1. The van der Waals surface area contributed by atoms with Crippen molar-refractivity contribution < 1.29 is 14.2 Å². The predicted octanol–water partition coefficient (Wildman–Crippen LogP) is 2.53. The quantitative estimate of drug-likeness (QED) is 0.898. The minimum absolute atomic E-state index is 0.138. The molecule has 100 valence electrons. The number of methoxy groups -OCH3 is 1. The lowest BCUT2D eigenvalue weighted by Crippen LogP contribution is -2.46. The van der Waals surface area contributed by atoms with Crippen LogP contribution in [0.15, 0.2) is 18.2 Å². The fourth-order valence-corrected chi connectivity index (χ4v) is 2.54. The normalized spacial score (nSPS) is 25.3. The third-order valence-electron chi connectivity index (χ3n) is 3.70. The van der Waals surface area contributed by atoms with E-state index in [4.69, 9.17) is 4.74 Å². The number of hydrogen-bond donors (Lipinski definition) is 1. The van der Waals surface area contributed by atoms with Crippen molar-refractivity contribution in [2.24, 2.45) is 0 Å². The number of phenolic OH excluding ortho intramolecular Hbond substituents is 1. The molecule has 18 heavy (non-hydrogen) atoms. The Morgan fingerprint density at radius 2 is 2.28 bits per heavy atom. The van der Waals surface area contributed by atoms with Gasteiger partial charge >= 0.3 is 0 Å². The minimum atomic E-state index is -0.556. The Morgan fingerprint density at radius 1 is 1.50 bits per heavy atom. The Labute approximate surface area is 107 Å². The molecule has 0 amide bonds. The first kappa shape index (κ1) is 13.3. The number of rotatable bonds is 3. The molecule has 1 aliphatic heterocycles. The van der Waals surface area contributed by atoms with Gasteiger partial charge in [0.15, 0.2) is 11.6 Å². The molecule has 3 nitrogen and oxygen atoms in total. The van der Waals surface area contributed by atoms with Crippen LogP contribution >= 0.6 is 0 Å². The topological polar surface area (TPSA) is 32.7 Å². The number of benzene rings is 1. The zero-order chi connectivity index (χ0) is 13.2. The van der Waals surface area contributed by atoms with Crippen LogP contribution in [0.2, 0.25) is 0 Å². The third-order valence-corrected chi connectivity index (χ3v) is 3.70. The van der Waals surface area contributed by atoms with Crippen LogP contribution in [0.3, 0.4) is 0 Å². The van der Waals surface area contributed by atoms with Gasteiger partial charge in [-0.25, -0.2) is 4.39 Å². The summed E-state index contributed by atoms with van der Waals surface area (Å²) < 4.78 is 18.8. The molecule has 0 spiro atoms. The molecule has 1 aromatic carbocycles. The standard InChI is InChI=1S/C14H20FNO2/c1-14(18-2)7-4-8-16(10-14)9-11-5-3-6-12(15)13(11)17/h3,5-6,17H,4,7-10H2,1-2H3. The molecule has 1 saturated heterocycles. The van der Waals surface area contributed by atoms with Crippen molar-refractivity contribution in [3.8, 4) is 5.75 Å². The summed E-state index contributed by atoms with van der Waals surface area (Å²) >= 11 is 0. The van der Waals surface area contributed by atoms with Gasteiger partial charge in [0.1, 0.15) is 0 Å². The fraction of sp³-hybridized carbons (Fsp3) is 0.571. The maximum Gasteiger partial charge on any atom is 0.165 e. The summed E-state index contributed by atoms with van der Waals surface area (Å²) in [6, 6.07) is 4.66. The lowest BCUT2D eigenvalue weighted by Gasteiger charge is -2.39. The molecule has 0 aromatic heterocycles. The summed E-state index contributed by atoms with van der Waals surface area (Å²) in [5.74, 6) is -0.791. The average molecular weight is 253 g/mol. The zero-order valence-corrected chi connectivity index (χ0v) is 10.9. The highest BCUT2D eigenvalue weighted by atomic mass is 19.1. The molecule has 1 aliphatic rings. The SMILES string of the molecule is COC1(C)CCCN(Cc2cccc(F)c2O)C1. The Morgan fingerprint density at radius 3 is 3.00 bits per heavy atom. The molecule has 0 bridgehead atoms. The summed E-state index contributed by atoms with van der Waals surface area (Å²) in [6.07, 6.45) is 2.09. The van der Waals surface area contributed by atoms with Crippen LogP contribution in [0.5, 0.6) is 5.75 Å². The van der Waals surface area contributed by atoms with E-state index in [1.54, 1.807) is 19.2 Å². The number of halogens is 1. The lowest BCUT2D eigenvalue weighted by molar-refractivity contribution is -0.0528. The van der Waals surface area contributed by atoms with E-state index in [0.717, 1.165) is 25.9 Å². The highest BCUT2D eigenvalue weighted by Crippen LogP contribution is 2.27. The van der Waals surface area contributed by atoms with Crippen molar-refractivity contribution in [1.82, 2.24) is 4.90 Å². The van der Waals surface area contributed by atoms with E-state index >= 15 is 0 Å². The number of likely N-dealkylation sites (tertiary alicyclic amines) is 1. The van der Waals surface area contributed by atoms with E-state index in [1.165, 1.54) is 6.07 Å². The summed E-state index contributed by atoms with van der Waals surface area (Å²) in [4.78, 5) is 2.20. The first-order chi connectivity index (χ1) is 8.54. The Bertz CT molecular complexity index is 424. The third kappa shape index (κ3) is 2.82. The van der Waals surface area contributed by atoms with Gasteiger partial charge in [0.2, 0.25) is 0 Å². The van der Waals surface area contributed by atoms with Gasteiger partial charge in [-0.2, -0.15) is 0 Å². The van der Waals surface area contributed by atoms with Gasteiger partial charge in [0, 0.05) is 25.8 Å². The van der Waals surface area contributed by atoms with E-state index in [9.17, 15) is 9.50 Å². The van der Waals surface area contributed by atoms with Crippen LogP contribution in [-0.4, -0.2) is 35.8 Å². The van der Waals surface area contributed by atoms with E-state index in [0.29, 0.717) is 12.1 Å². The molecule has 2 rings (SSSR count). The van der Waals surface area contributed by atoms with Crippen molar-refractivity contribution in [2.75, 3.05) is 20.2 Å². The first-order valence-corrected chi connectivity index (χ1v) is 6.28. The molecule has 0 saturated carbocycles. The number of piperidine rings is 1. The van der Waals surface area contributed by atoms with Crippen molar-refractivity contribution in [1.29, 1.82) is 0 Å². The van der Waals surface area contributed by atoms with E-state index in [-0.39, 0.29) is 11.4 Å². The molecule has 1 unspecified atom stereocenters. The maximum absolute atomic E-state index is 13.3. The predicted molar refractivity (Wildman–Crippen MR) is 68.0 cm³/mol. The first-order valence-electron chi connectivity index (χ1n) is 6.28. The number of para-hydroxylation sites is 1. The molecular formula is C14H20FNO2. The van der Waals surface area contributed by atoms with Gasteiger partial charge in [-0.05, 0) is 32.4 Å². The number of ether oxygens (including phenoxy) is 1. The molecule has 1 aromatic rings. The second-order valence-electron chi connectivity index (χ2n) is 5.22. The molecule has 0 aliphatic carbocycles. The van der Waals surface area contributed by atoms with E-state index in [1.807, 2.05) is 0 Å². The summed E-state index contributed by atoms with van der Waals surface area (Å²) in [7, 11) is 1.73. The Kier molecular flexibility index (Phi) is 3.88. The largest absolute Gasteiger partial charge is 0.505 e. The number of hydrogen-bond acceptors (Lipinski definition) is 3. The van der Waals surface area contributed by atoms with Crippen LogP contribution in [-0.2, 0) is 11.3 Å². The van der Waals surface area contributed by atoms with Crippen LogP contribution in [0.4, 0.5) is 4.39 Å². The fourth-order valence-electron chi connectivity index (χ4n) is 2.54. The van der Waals surface area contributed by atoms with Gasteiger partial charge < -0.3 is 9.84 Å². The maximum atomic E-state index is 13.3. The van der Waals surface area contributed by atoms with Gasteiger partial charge in [0.05, 0.1) is 5.60 Å². The number of aromatic hydroxyl groups is 1. The van der Waals surface area contributed by atoms with Crippen LogP contribution in [0.25, 0.3) is 0 Å². The summed E-state index contributed by atoms with van der Waals surface area (Å²) in [6.45, 7) is 4.40. The summed E-state index contributed by atoms with van der Waals surface area (Å²) in [5, 5.41) is 9.68. The number of phenols is 1. The highest BCUT2D eigenvalue weighted by molar-refractivity contribution is 5.33. The monoisotopic (exact) mass is 253 g/mol. The van der Waals surface area contributed by atoms with Gasteiger partial charge in [-0.15, -0.1) is 0 Å². The van der Waals surface area contributed by atoms with Gasteiger partial charge in [-0.3, -0.25) is 4.90 Å². The van der Waals surface area contributed by atoms with Gasteiger partial charge in [0.25, 0.3) is 0 Å². The molecular weight excluding hydrogens is 233 g/mol. The van der Waals surface area contributed by atoms with Crippen LogP contribution < -0.4 is 0 Å². The molecule has 4 heteroatoms. The molecule has 1 heterocycles. The minimum Gasteiger partial charge on any atom is -0.505 e. The molecule has 1 N–H and O–H groups in total. The molecule has 1 fully saturated rings. The van der Waals surface area contributed by atoms with Crippen LogP contribution in [0.1, 0.15) is 25.3 Å². The average Bonchev–Trinajstić information content (AvgIpc) is 2.35. The smallest absolute Gasteiger partial charge is 0.165 e. The molecule has 1 atom stereocenters. The van der Waals surface area contributed by atoms with E-state index in [2.05, 4.69) is 11.8 Å². The van der Waals surface area contributed by atoms with E-state index < -0.39 is 5.82 Å².